The van der Waals surface area contributed by atoms with Gasteiger partial charge in [-0.1, -0.05) is 37.3 Å². The maximum absolute atomic E-state index is 5.72. The normalized spacial score (nSPS) is 12.8. The van der Waals surface area contributed by atoms with E-state index in [1.165, 1.54) is 12.0 Å². The van der Waals surface area contributed by atoms with E-state index in [0.717, 1.165) is 12.3 Å². The monoisotopic (exact) mass is 182 g/mol. The minimum atomic E-state index is 0.642. The highest BCUT2D eigenvalue weighted by atomic mass is 35.5. The molecule has 0 saturated heterocycles. The Hall–Kier alpha value is -0.490. The lowest BCUT2D eigenvalue weighted by molar-refractivity contribution is 0.645. The van der Waals surface area contributed by atoms with Gasteiger partial charge in [-0.25, -0.2) is 0 Å². The van der Waals surface area contributed by atoms with Crippen molar-refractivity contribution in [2.75, 3.05) is 5.88 Å². The van der Waals surface area contributed by atoms with Crippen molar-refractivity contribution < 1.29 is 0 Å². The first-order valence-corrected chi connectivity index (χ1v) is 5.02. The maximum atomic E-state index is 5.72. The van der Waals surface area contributed by atoms with Gasteiger partial charge in [-0.05, 0) is 24.3 Å². The zero-order chi connectivity index (χ0) is 8.81. The van der Waals surface area contributed by atoms with Crippen LogP contribution < -0.4 is 0 Å². The highest BCUT2D eigenvalue weighted by molar-refractivity contribution is 6.17. The number of rotatable bonds is 4. The molecule has 0 nitrogen and oxygen atoms in total. The zero-order valence-electron chi connectivity index (χ0n) is 7.46. The van der Waals surface area contributed by atoms with Crippen molar-refractivity contribution in [3.8, 4) is 0 Å². The van der Waals surface area contributed by atoms with Crippen LogP contribution in [0.4, 0.5) is 0 Å². The van der Waals surface area contributed by atoms with Gasteiger partial charge in [-0.15, -0.1) is 11.6 Å². The summed E-state index contributed by atoms with van der Waals surface area (Å²) < 4.78 is 0. The number of hydrogen-bond acceptors (Lipinski definition) is 0. The first-order chi connectivity index (χ1) is 5.88. The molecule has 0 amide bonds. The van der Waals surface area contributed by atoms with Crippen LogP contribution in [0.25, 0.3) is 0 Å². The molecule has 0 spiro atoms. The van der Waals surface area contributed by atoms with Gasteiger partial charge in [-0.2, -0.15) is 0 Å². The Labute approximate surface area is 79.6 Å². The van der Waals surface area contributed by atoms with Gasteiger partial charge < -0.3 is 0 Å². The number of alkyl halides is 1. The third-order valence-corrected chi connectivity index (χ3v) is 2.44. The summed E-state index contributed by atoms with van der Waals surface area (Å²) in [5, 5.41) is 0. The lowest BCUT2D eigenvalue weighted by Crippen LogP contribution is -1.97. The van der Waals surface area contributed by atoms with Gasteiger partial charge in [0.1, 0.15) is 0 Å². The SMILES string of the molecule is CC[C@@H](CCCl)c1ccccc1. The Balaban J connectivity index is 2.66. The molecule has 0 aliphatic rings. The molecule has 1 aromatic carbocycles. The Bertz CT molecular complexity index is 206. The van der Waals surface area contributed by atoms with Crippen LogP contribution in [0.5, 0.6) is 0 Å². The van der Waals surface area contributed by atoms with E-state index in [0.29, 0.717) is 5.92 Å². The van der Waals surface area contributed by atoms with Crippen molar-refractivity contribution in [1.29, 1.82) is 0 Å². The average Bonchev–Trinajstić information content (AvgIpc) is 2.15. The zero-order valence-corrected chi connectivity index (χ0v) is 8.22. The average molecular weight is 183 g/mol. The van der Waals surface area contributed by atoms with Crippen LogP contribution in [0.2, 0.25) is 0 Å². The van der Waals surface area contributed by atoms with Gasteiger partial charge in [0.05, 0.1) is 0 Å². The van der Waals surface area contributed by atoms with Crippen molar-refractivity contribution in [3.05, 3.63) is 35.9 Å². The van der Waals surface area contributed by atoms with Crippen LogP contribution >= 0.6 is 11.6 Å². The predicted octanol–water partition coefficient (Wildman–Crippen LogP) is 3.81. The predicted molar refractivity (Wildman–Crippen MR) is 54.8 cm³/mol. The standard InChI is InChI=1S/C11H15Cl/c1-2-10(8-9-12)11-6-4-3-5-7-11/h3-7,10H,2,8-9H2,1H3/t10-/m0/s1. The summed E-state index contributed by atoms with van der Waals surface area (Å²) in [6.45, 7) is 2.21. The first kappa shape index (κ1) is 9.60. The highest BCUT2D eigenvalue weighted by Gasteiger charge is 2.06. The van der Waals surface area contributed by atoms with Crippen molar-refractivity contribution in [3.63, 3.8) is 0 Å². The van der Waals surface area contributed by atoms with Crippen LogP contribution in [0, 0.1) is 0 Å². The minimum absolute atomic E-state index is 0.642. The lowest BCUT2D eigenvalue weighted by Gasteiger charge is -2.12. The summed E-state index contributed by atoms with van der Waals surface area (Å²) in [5.74, 6) is 1.40. The third kappa shape index (κ3) is 2.53. The molecular formula is C11H15Cl. The molecule has 1 heteroatoms. The summed E-state index contributed by atoms with van der Waals surface area (Å²) in [6, 6.07) is 10.6. The molecule has 0 aliphatic carbocycles. The summed E-state index contributed by atoms with van der Waals surface area (Å²) >= 11 is 5.72. The van der Waals surface area contributed by atoms with Gasteiger partial charge in [-0.3, -0.25) is 0 Å². The fourth-order valence-corrected chi connectivity index (χ4v) is 1.73. The van der Waals surface area contributed by atoms with Crippen LogP contribution in [0.15, 0.2) is 30.3 Å². The second-order valence-electron chi connectivity index (χ2n) is 2.99. The number of benzene rings is 1. The van der Waals surface area contributed by atoms with Gasteiger partial charge in [0.25, 0.3) is 0 Å². The van der Waals surface area contributed by atoms with Crippen molar-refractivity contribution in [2.45, 2.75) is 25.7 Å². The molecule has 0 fully saturated rings. The van der Waals surface area contributed by atoms with E-state index in [4.69, 9.17) is 11.6 Å². The van der Waals surface area contributed by atoms with E-state index >= 15 is 0 Å². The smallest absolute Gasteiger partial charge is 0.0229 e. The van der Waals surface area contributed by atoms with Crippen molar-refractivity contribution in [1.82, 2.24) is 0 Å². The second-order valence-corrected chi connectivity index (χ2v) is 3.37. The van der Waals surface area contributed by atoms with Crippen molar-refractivity contribution in [2.24, 2.45) is 0 Å². The van der Waals surface area contributed by atoms with E-state index in [-0.39, 0.29) is 0 Å². The Morgan fingerprint density at radius 2 is 1.92 bits per heavy atom. The molecule has 0 saturated carbocycles. The van der Waals surface area contributed by atoms with E-state index in [1.807, 2.05) is 0 Å². The quantitative estimate of drug-likeness (QED) is 0.622. The topological polar surface area (TPSA) is 0 Å². The van der Waals surface area contributed by atoms with E-state index < -0.39 is 0 Å². The molecule has 0 aliphatic heterocycles. The fraction of sp³-hybridized carbons (Fsp3) is 0.455. The molecule has 0 bridgehead atoms. The third-order valence-electron chi connectivity index (χ3n) is 2.22. The van der Waals surface area contributed by atoms with Gasteiger partial charge >= 0.3 is 0 Å². The second kappa shape index (κ2) is 5.21. The Kier molecular flexibility index (Phi) is 4.16. The van der Waals surface area contributed by atoms with Crippen LogP contribution in [0.1, 0.15) is 31.2 Å². The summed E-state index contributed by atoms with van der Waals surface area (Å²) in [7, 11) is 0. The van der Waals surface area contributed by atoms with E-state index in [1.54, 1.807) is 0 Å². The van der Waals surface area contributed by atoms with Crippen LogP contribution in [-0.2, 0) is 0 Å². The summed E-state index contributed by atoms with van der Waals surface area (Å²) in [5.41, 5.74) is 1.42. The number of halogens is 1. The molecule has 12 heavy (non-hydrogen) atoms. The molecule has 0 unspecified atom stereocenters. The van der Waals surface area contributed by atoms with Crippen LogP contribution in [-0.4, -0.2) is 5.88 Å². The molecule has 1 aromatic rings. The van der Waals surface area contributed by atoms with Gasteiger partial charge in [0.15, 0.2) is 0 Å². The van der Waals surface area contributed by atoms with Gasteiger partial charge in [0.2, 0.25) is 0 Å². The maximum Gasteiger partial charge on any atom is 0.0229 e. The summed E-state index contributed by atoms with van der Waals surface area (Å²) in [4.78, 5) is 0. The number of hydrogen-bond donors (Lipinski definition) is 0. The van der Waals surface area contributed by atoms with Crippen LogP contribution in [0.3, 0.4) is 0 Å². The van der Waals surface area contributed by atoms with E-state index in [2.05, 4.69) is 37.3 Å². The molecule has 66 valence electrons. The molecule has 0 N–H and O–H groups in total. The van der Waals surface area contributed by atoms with E-state index in [9.17, 15) is 0 Å². The Morgan fingerprint density at radius 1 is 1.25 bits per heavy atom. The highest BCUT2D eigenvalue weighted by Crippen LogP contribution is 2.22. The Morgan fingerprint density at radius 3 is 2.42 bits per heavy atom. The fourth-order valence-electron chi connectivity index (χ4n) is 1.46. The molecular weight excluding hydrogens is 168 g/mol. The summed E-state index contributed by atoms with van der Waals surface area (Å²) in [6.07, 6.45) is 2.26. The lowest BCUT2D eigenvalue weighted by atomic mass is 9.94. The van der Waals surface area contributed by atoms with Gasteiger partial charge in [0, 0.05) is 5.88 Å². The first-order valence-electron chi connectivity index (χ1n) is 4.49. The molecule has 1 rings (SSSR count). The largest absolute Gasteiger partial charge is 0.127 e. The minimum Gasteiger partial charge on any atom is -0.127 e. The molecule has 0 heterocycles. The molecule has 1 atom stereocenters. The molecule has 0 aromatic heterocycles. The van der Waals surface area contributed by atoms with Crippen molar-refractivity contribution >= 4 is 11.6 Å². The molecule has 0 radical (unpaired) electrons.